The van der Waals surface area contributed by atoms with Crippen molar-refractivity contribution in [1.82, 2.24) is 5.32 Å². The topological polar surface area (TPSA) is 93.0 Å². The first-order chi connectivity index (χ1) is 10.6. The highest BCUT2D eigenvalue weighted by molar-refractivity contribution is 5.21. The van der Waals surface area contributed by atoms with Gasteiger partial charge in [0.15, 0.2) is 0 Å². The van der Waals surface area contributed by atoms with Gasteiger partial charge in [-0.3, -0.25) is 0 Å². The summed E-state index contributed by atoms with van der Waals surface area (Å²) in [5, 5.41) is 41.8. The number of aliphatic hydroxyl groups excluding tert-OH is 4. The summed E-state index contributed by atoms with van der Waals surface area (Å²) in [7, 11) is 0. The molecule has 0 aliphatic heterocycles. The van der Waals surface area contributed by atoms with Gasteiger partial charge in [0.25, 0.3) is 0 Å². The number of hydrogen-bond donors (Lipinski definition) is 5. The lowest BCUT2D eigenvalue weighted by Crippen LogP contribution is -2.54. The minimum atomic E-state index is -1.27. The van der Waals surface area contributed by atoms with Gasteiger partial charge in [0.1, 0.15) is 18.3 Å². The summed E-state index contributed by atoms with van der Waals surface area (Å²) in [5.41, 5.74) is 1.65. The molecule has 0 heterocycles. The minimum absolute atomic E-state index is 0.322. The van der Waals surface area contributed by atoms with E-state index in [-0.39, 0.29) is 6.61 Å². The molecule has 0 radical (unpaired) electrons. The molecule has 5 heteroatoms. The second kappa shape index (κ2) is 8.41. The Balaban J connectivity index is 1.75. The lowest BCUT2D eigenvalue weighted by atomic mass is 9.88. The van der Waals surface area contributed by atoms with Gasteiger partial charge in [-0.05, 0) is 36.9 Å². The molecule has 122 valence electrons. The lowest BCUT2D eigenvalue weighted by molar-refractivity contribution is -0.0641. The normalized spacial score (nSPS) is 28.5. The number of rotatable bonds is 7. The number of aliphatic hydroxyl groups is 4. The molecule has 1 unspecified atom stereocenters. The van der Waals surface area contributed by atoms with Crippen LogP contribution in [0.4, 0.5) is 0 Å². The Morgan fingerprint density at radius 1 is 0.955 bits per heavy atom. The van der Waals surface area contributed by atoms with Crippen LogP contribution in [0, 0.1) is 0 Å². The molecule has 0 fully saturated rings. The maximum absolute atomic E-state index is 9.96. The van der Waals surface area contributed by atoms with Crippen LogP contribution < -0.4 is 5.32 Å². The molecule has 0 amide bonds. The molecule has 0 aromatic heterocycles. The smallest absolute Gasteiger partial charge is 0.111 e. The molecule has 1 aromatic carbocycles. The van der Waals surface area contributed by atoms with E-state index >= 15 is 0 Å². The van der Waals surface area contributed by atoms with Gasteiger partial charge in [-0.25, -0.2) is 0 Å². The molecule has 0 bridgehead atoms. The summed E-state index contributed by atoms with van der Waals surface area (Å²) in [5.74, 6) is 0. The van der Waals surface area contributed by atoms with Crippen molar-refractivity contribution in [3.8, 4) is 0 Å². The fraction of sp³-hybridized carbons (Fsp3) is 0.529. The maximum Gasteiger partial charge on any atom is 0.111 e. The van der Waals surface area contributed by atoms with E-state index in [9.17, 15) is 20.4 Å². The van der Waals surface area contributed by atoms with Gasteiger partial charge < -0.3 is 25.7 Å². The van der Waals surface area contributed by atoms with Crippen molar-refractivity contribution in [3.05, 3.63) is 47.5 Å². The SMILES string of the molecule is OCC1=C[C@H](NCCCCc2ccccc2)[C@H](O)C(O)[C@@H]1O. The second-order valence-electron chi connectivity index (χ2n) is 5.75. The molecule has 1 aliphatic carbocycles. The zero-order valence-corrected chi connectivity index (χ0v) is 12.6. The Bertz CT molecular complexity index is 477. The largest absolute Gasteiger partial charge is 0.392 e. The standard InChI is InChI=1S/C17H25NO4/c19-11-13-10-14(16(21)17(22)15(13)20)18-9-5-4-8-12-6-2-1-3-7-12/h1-3,6-7,10,14-22H,4-5,8-9,11H2/t14-,15+,16-,17?/m0/s1. The molecule has 5 nitrogen and oxygen atoms in total. The Morgan fingerprint density at radius 3 is 2.36 bits per heavy atom. The second-order valence-corrected chi connectivity index (χ2v) is 5.75. The van der Waals surface area contributed by atoms with Gasteiger partial charge in [0.2, 0.25) is 0 Å². The third kappa shape index (κ3) is 4.38. The predicted molar refractivity (Wildman–Crippen MR) is 84.4 cm³/mol. The summed E-state index contributed by atoms with van der Waals surface area (Å²) >= 11 is 0. The van der Waals surface area contributed by atoms with E-state index in [1.54, 1.807) is 6.08 Å². The summed E-state index contributed by atoms with van der Waals surface area (Å²) in [6, 6.07) is 9.82. The van der Waals surface area contributed by atoms with Crippen LogP contribution in [-0.4, -0.2) is 57.9 Å². The van der Waals surface area contributed by atoms with Crippen LogP contribution in [0.1, 0.15) is 18.4 Å². The number of benzene rings is 1. The fourth-order valence-electron chi connectivity index (χ4n) is 2.74. The lowest BCUT2D eigenvalue weighted by Gasteiger charge is -2.34. The van der Waals surface area contributed by atoms with E-state index < -0.39 is 24.4 Å². The summed E-state index contributed by atoms with van der Waals surface area (Å²) in [6.45, 7) is 0.379. The van der Waals surface area contributed by atoms with Crippen LogP contribution in [0.5, 0.6) is 0 Å². The molecule has 22 heavy (non-hydrogen) atoms. The summed E-state index contributed by atoms with van der Waals surface area (Å²) in [6.07, 6.45) is 1.05. The zero-order chi connectivity index (χ0) is 15.9. The summed E-state index contributed by atoms with van der Waals surface area (Å²) < 4.78 is 0. The molecule has 2 rings (SSSR count). The van der Waals surface area contributed by atoms with Gasteiger partial charge in [-0.15, -0.1) is 0 Å². The third-order valence-electron chi connectivity index (χ3n) is 4.11. The maximum atomic E-state index is 9.96. The van der Waals surface area contributed by atoms with Gasteiger partial charge in [0.05, 0.1) is 12.6 Å². The molecule has 4 atom stereocenters. The van der Waals surface area contributed by atoms with Gasteiger partial charge >= 0.3 is 0 Å². The van der Waals surface area contributed by atoms with Crippen LogP contribution >= 0.6 is 0 Å². The highest BCUT2D eigenvalue weighted by atomic mass is 16.4. The van der Waals surface area contributed by atoms with E-state index in [0.717, 1.165) is 19.3 Å². The van der Waals surface area contributed by atoms with Crippen LogP contribution in [0.15, 0.2) is 42.0 Å². The van der Waals surface area contributed by atoms with Crippen molar-refractivity contribution in [3.63, 3.8) is 0 Å². The first-order valence-corrected chi connectivity index (χ1v) is 7.76. The Morgan fingerprint density at radius 2 is 1.68 bits per heavy atom. The molecule has 5 N–H and O–H groups in total. The fourth-order valence-corrected chi connectivity index (χ4v) is 2.74. The summed E-state index contributed by atoms with van der Waals surface area (Å²) in [4.78, 5) is 0. The van der Waals surface area contributed by atoms with Crippen LogP contribution in [0.25, 0.3) is 0 Å². The van der Waals surface area contributed by atoms with Crippen LogP contribution in [0.2, 0.25) is 0 Å². The van der Waals surface area contributed by atoms with Gasteiger partial charge in [-0.1, -0.05) is 36.4 Å². The van der Waals surface area contributed by atoms with Gasteiger partial charge in [-0.2, -0.15) is 0 Å². The van der Waals surface area contributed by atoms with E-state index in [4.69, 9.17) is 0 Å². The van der Waals surface area contributed by atoms with Crippen molar-refractivity contribution < 1.29 is 20.4 Å². The molecular weight excluding hydrogens is 282 g/mol. The van der Waals surface area contributed by atoms with E-state index in [1.807, 2.05) is 18.2 Å². The minimum Gasteiger partial charge on any atom is -0.392 e. The molecule has 1 aliphatic rings. The molecule has 0 spiro atoms. The molecule has 0 saturated carbocycles. The quantitative estimate of drug-likeness (QED) is 0.361. The number of aryl methyl sites for hydroxylation is 1. The predicted octanol–water partition coefficient (Wildman–Crippen LogP) is -0.0175. The van der Waals surface area contributed by atoms with Crippen LogP contribution in [0.3, 0.4) is 0 Å². The highest BCUT2D eigenvalue weighted by Crippen LogP contribution is 2.20. The van der Waals surface area contributed by atoms with Crippen molar-refractivity contribution in [2.45, 2.75) is 43.6 Å². The average molecular weight is 307 g/mol. The Labute approximate surface area is 130 Å². The van der Waals surface area contributed by atoms with E-state index in [0.29, 0.717) is 12.1 Å². The Kier molecular flexibility index (Phi) is 6.54. The van der Waals surface area contributed by atoms with Crippen molar-refractivity contribution >= 4 is 0 Å². The average Bonchev–Trinajstić information content (AvgIpc) is 2.55. The first-order valence-electron chi connectivity index (χ1n) is 7.76. The zero-order valence-electron chi connectivity index (χ0n) is 12.6. The van der Waals surface area contributed by atoms with Crippen molar-refractivity contribution in [2.75, 3.05) is 13.2 Å². The van der Waals surface area contributed by atoms with Crippen molar-refractivity contribution in [2.24, 2.45) is 0 Å². The molecular formula is C17H25NO4. The first kappa shape index (κ1) is 17.1. The number of nitrogens with one attached hydrogen (secondary N) is 1. The van der Waals surface area contributed by atoms with Crippen molar-refractivity contribution in [1.29, 1.82) is 0 Å². The number of hydrogen-bond acceptors (Lipinski definition) is 5. The monoisotopic (exact) mass is 307 g/mol. The van der Waals surface area contributed by atoms with Crippen LogP contribution in [-0.2, 0) is 6.42 Å². The highest BCUT2D eigenvalue weighted by Gasteiger charge is 2.36. The van der Waals surface area contributed by atoms with E-state index in [2.05, 4.69) is 17.4 Å². The van der Waals surface area contributed by atoms with E-state index in [1.165, 1.54) is 5.56 Å². The third-order valence-corrected chi connectivity index (χ3v) is 4.11. The molecule has 1 aromatic rings. The molecule has 0 saturated heterocycles. The number of unbranched alkanes of at least 4 members (excludes halogenated alkanes) is 1. The Hall–Kier alpha value is -1.24. The van der Waals surface area contributed by atoms with Gasteiger partial charge in [0, 0.05) is 0 Å².